The van der Waals surface area contributed by atoms with Gasteiger partial charge < -0.3 is 5.32 Å². The Morgan fingerprint density at radius 2 is 1.62 bits per heavy atom. The molecular weight excluding hydrogens is 326 g/mol. The van der Waals surface area contributed by atoms with Crippen LogP contribution in [0.25, 0.3) is 0 Å². The van der Waals surface area contributed by atoms with Crippen molar-refractivity contribution in [2.45, 2.75) is 24.2 Å². The van der Waals surface area contributed by atoms with Crippen molar-refractivity contribution in [3.63, 3.8) is 0 Å². The SMILES string of the molecule is N#CC(C#N)=C(C#N)Nc1ccccc1S(=O)(=O)N1CCCCC1. The number of nitrogens with one attached hydrogen (secondary N) is 1. The van der Waals surface area contributed by atoms with Gasteiger partial charge in [0, 0.05) is 13.1 Å². The largest absolute Gasteiger partial charge is 0.344 e. The van der Waals surface area contributed by atoms with Crippen LogP contribution >= 0.6 is 0 Å². The molecule has 0 saturated carbocycles. The van der Waals surface area contributed by atoms with Crippen LogP contribution in [-0.4, -0.2) is 25.8 Å². The zero-order valence-corrected chi connectivity index (χ0v) is 13.7. The molecular formula is C16H15N5O2S. The lowest BCUT2D eigenvalue weighted by atomic mass is 10.2. The molecule has 0 bridgehead atoms. The summed E-state index contributed by atoms with van der Waals surface area (Å²) in [5, 5.41) is 29.5. The standard InChI is InChI=1S/C16H15N5O2S/c17-10-13(11-18)15(12-19)20-14-6-2-3-7-16(14)24(22,23)21-8-4-1-5-9-21/h2-3,6-7,20H,1,4-5,8-9H2. The molecule has 24 heavy (non-hydrogen) atoms. The molecule has 1 saturated heterocycles. The van der Waals surface area contributed by atoms with E-state index in [0.29, 0.717) is 13.1 Å². The van der Waals surface area contributed by atoms with Crippen molar-refractivity contribution in [2.75, 3.05) is 18.4 Å². The van der Waals surface area contributed by atoms with Crippen LogP contribution in [-0.2, 0) is 10.0 Å². The third-order valence-corrected chi connectivity index (χ3v) is 5.62. The van der Waals surface area contributed by atoms with E-state index >= 15 is 0 Å². The van der Waals surface area contributed by atoms with E-state index in [1.165, 1.54) is 16.4 Å². The van der Waals surface area contributed by atoms with Gasteiger partial charge in [-0.3, -0.25) is 0 Å². The Hall–Kier alpha value is -2.86. The number of hydrogen-bond acceptors (Lipinski definition) is 6. The number of sulfonamides is 1. The lowest BCUT2D eigenvalue weighted by Gasteiger charge is -2.26. The molecule has 8 heteroatoms. The predicted molar refractivity (Wildman–Crippen MR) is 86.5 cm³/mol. The molecule has 0 aliphatic carbocycles. The third-order valence-electron chi connectivity index (χ3n) is 3.66. The van der Waals surface area contributed by atoms with E-state index in [2.05, 4.69) is 5.32 Å². The topological polar surface area (TPSA) is 121 Å². The smallest absolute Gasteiger partial charge is 0.245 e. The van der Waals surface area contributed by atoms with Crippen molar-refractivity contribution in [1.29, 1.82) is 15.8 Å². The quantitative estimate of drug-likeness (QED) is 0.837. The highest BCUT2D eigenvalue weighted by Crippen LogP contribution is 2.27. The Bertz CT molecular complexity index is 862. The fourth-order valence-corrected chi connectivity index (χ4v) is 4.12. The monoisotopic (exact) mass is 341 g/mol. The molecule has 1 aromatic rings. The number of piperidine rings is 1. The summed E-state index contributed by atoms with van der Waals surface area (Å²) in [5.41, 5.74) is -0.508. The maximum Gasteiger partial charge on any atom is 0.245 e. The van der Waals surface area contributed by atoms with E-state index < -0.39 is 15.6 Å². The van der Waals surface area contributed by atoms with E-state index in [-0.39, 0.29) is 16.3 Å². The molecule has 0 unspecified atom stereocenters. The Morgan fingerprint density at radius 3 is 2.21 bits per heavy atom. The number of para-hydroxylation sites is 1. The Kier molecular flexibility index (Phi) is 5.55. The van der Waals surface area contributed by atoms with Crippen LogP contribution in [0, 0.1) is 34.0 Å². The maximum absolute atomic E-state index is 12.8. The minimum absolute atomic E-state index is 0.0230. The summed E-state index contributed by atoms with van der Waals surface area (Å²) in [7, 11) is -3.71. The summed E-state index contributed by atoms with van der Waals surface area (Å²) >= 11 is 0. The van der Waals surface area contributed by atoms with Gasteiger partial charge in [-0.1, -0.05) is 18.6 Å². The second kappa shape index (κ2) is 7.61. The molecule has 1 aliphatic rings. The van der Waals surface area contributed by atoms with Crippen molar-refractivity contribution in [1.82, 2.24) is 4.31 Å². The number of allylic oxidation sites excluding steroid dienone is 2. The molecule has 2 rings (SSSR count). The highest BCUT2D eigenvalue weighted by Gasteiger charge is 2.28. The van der Waals surface area contributed by atoms with Crippen LogP contribution in [0.4, 0.5) is 5.69 Å². The lowest BCUT2D eigenvalue weighted by molar-refractivity contribution is 0.347. The van der Waals surface area contributed by atoms with Crippen LogP contribution in [0.5, 0.6) is 0 Å². The Balaban J connectivity index is 2.45. The second-order valence-electron chi connectivity index (χ2n) is 5.17. The van der Waals surface area contributed by atoms with E-state index in [0.717, 1.165) is 19.3 Å². The fraction of sp³-hybridized carbons (Fsp3) is 0.312. The van der Waals surface area contributed by atoms with E-state index in [1.54, 1.807) is 30.3 Å². The van der Waals surface area contributed by atoms with Crippen LogP contribution in [0.3, 0.4) is 0 Å². The summed E-state index contributed by atoms with van der Waals surface area (Å²) in [6.45, 7) is 0.915. The molecule has 122 valence electrons. The minimum atomic E-state index is -3.71. The van der Waals surface area contributed by atoms with E-state index in [4.69, 9.17) is 15.8 Å². The number of rotatable bonds is 4. The molecule has 1 N–H and O–H groups in total. The summed E-state index contributed by atoms with van der Waals surface area (Å²) in [5.74, 6) is 0. The normalized spacial score (nSPS) is 14.7. The third kappa shape index (κ3) is 3.55. The molecule has 7 nitrogen and oxygen atoms in total. The van der Waals surface area contributed by atoms with Gasteiger partial charge in [-0.2, -0.15) is 20.1 Å². The number of nitrogens with zero attached hydrogens (tertiary/aromatic N) is 4. The predicted octanol–water partition coefficient (Wildman–Crippen LogP) is 2.10. The number of nitriles is 3. The van der Waals surface area contributed by atoms with Gasteiger partial charge in [0.05, 0.1) is 5.69 Å². The van der Waals surface area contributed by atoms with Gasteiger partial charge >= 0.3 is 0 Å². The summed E-state index contributed by atoms with van der Waals surface area (Å²) in [6.07, 6.45) is 2.62. The highest BCUT2D eigenvalue weighted by molar-refractivity contribution is 7.89. The average Bonchev–Trinajstić information content (AvgIpc) is 2.62. The zero-order valence-electron chi connectivity index (χ0n) is 12.9. The van der Waals surface area contributed by atoms with Gasteiger partial charge in [-0.25, -0.2) is 8.42 Å². The van der Waals surface area contributed by atoms with Crippen molar-refractivity contribution in [3.05, 3.63) is 35.5 Å². The highest BCUT2D eigenvalue weighted by atomic mass is 32.2. The number of benzene rings is 1. The lowest BCUT2D eigenvalue weighted by Crippen LogP contribution is -2.35. The first kappa shape index (κ1) is 17.5. The molecule has 1 fully saturated rings. The molecule has 0 amide bonds. The summed E-state index contributed by atoms with van der Waals surface area (Å²) in [6, 6.07) is 11.1. The minimum Gasteiger partial charge on any atom is -0.344 e. The van der Waals surface area contributed by atoms with Gasteiger partial charge in [0.1, 0.15) is 28.8 Å². The van der Waals surface area contributed by atoms with E-state index in [1.807, 2.05) is 0 Å². The summed E-state index contributed by atoms with van der Waals surface area (Å²) < 4.78 is 27.1. The molecule has 0 radical (unpaired) electrons. The first-order valence-corrected chi connectivity index (χ1v) is 8.79. The summed E-state index contributed by atoms with van der Waals surface area (Å²) in [4.78, 5) is 0.0230. The van der Waals surface area contributed by atoms with Gasteiger partial charge in [-0.15, -0.1) is 0 Å². The van der Waals surface area contributed by atoms with Crippen molar-refractivity contribution < 1.29 is 8.42 Å². The molecule has 0 spiro atoms. The number of anilines is 1. The number of hydrogen-bond donors (Lipinski definition) is 1. The Labute approximate surface area is 141 Å². The molecule has 1 aliphatic heterocycles. The molecule has 1 aromatic carbocycles. The first-order valence-electron chi connectivity index (χ1n) is 7.35. The Morgan fingerprint density at radius 1 is 1.00 bits per heavy atom. The van der Waals surface area contributed by atoms with E-state index in [9.17, 15) is 8.42 Å². The molecule has 0 atom stereocenters. The van der Waals surface area contributed by atoms with Gasteiger partial charge in [0.2, 0.25) is 10.0 Å². The fourth-order valence-electron chi connectivity index (χ4n) is 2.46. The van der Waals surface area contributed by atoms with Crippen LogP contribution in [0.1, 0.15) is 19.3 Å². The second-order valence-corrected chi connectivity index (χ2v) is 7.08. The maximum atomic E-state index is 12.8. The van der Waals surface area contributed by atoms with Gasteiger partial charge in [0.25, 0.3) is 0 Å². The van der Waals surface area contributed by atoms with Gasteiger partial charge in [0.15, 0.2) is 5.57 Å². The van der Waals surface area contributed by atoms with Gasteiger partial charge in [-0.05, 0) is 25.0 Å². The molecule has 1 heterocycles. The van der Waals surface area contributed by atoms with Crippen LogP contribution in [0.15, 0.2) is 40.4 Å². The van der Waals surface area contributed by atoms with Crippen LogP contribution < -0.4 is 5.32 Å². The van der Waals surface area contributed by atoms with Crippen molar-refractivity contribution >= 4 is 15.7 Å². The first-order chi connectivity index (χ1) is 11.5. The van der Waals surface area contributed by atoms with Crippen LogP contribution in [0.2, 0.25) is 0 Å². The zero-order chi connectivity index (χ0) is 17.6. The van der Waals surface area contributed by atoms with Crippen molar-refractivity contribution in [2.24, 2.45) is 0 Å². The average molecular weight is 341 g/mol. The molecule has 0 aromatic heterocycles. The van der Waals surface area contributed by atoms with Crippen molar-refractivity contribution in [3.8, 4) is 18.2 Å².